The minimum Gasteiger partial charge on any atom is -0.493 e. The van der Waals surface area contributed by atoms with Crippen LogP contribution in [0.4, 0.5) is 0 Å². The molecule has 1 aromatic carbocycles. The minimum atomic E-state index is -1.23. The van der Waals surface area contributed by atoms with Gasteiger partial charge in [-0.05, 0) is 63.4 Å². The lowest BCUT2D eigenvalue weighted by Gasteiger charge is -2.61. The Kier molecular flexibility index (Phi) is 8.69. The molecule has 1 aromatic rings. The summed E-state index contributed by atoms with van der Waals surface area (Å²) < 4.78 is 23.3. The van der Waals surface area contributed by atoms with E-state index in [-0.39, 0.29) is 43.0 Å². The predicted molar refractivity (Wildman–Crippen MR) is 158 cm³/mol. The average molecular weight is 614 g/mol. The monoisotopic (exact) mass is 613 g/mol. The topological polar surface area (TPSA) is 153 Å². The molecule has 0 saturated carbocycles. The molecule has 5 rings (SSSR count). The Bertz CT molecular complexity index is 1380. The largest absolute Gasteiger partial charge is 0.493 e. The van der Waals surface area contributed by atoms with E-state index < -0.39 is 47.1 Å². The average Bonchev–Trinajstić information content (AvgIpc) is 3.31. The Morgan fingerprint density at radius 1 is 1.20 bits per heavy atom. The van der Waals surface area contributed by atoms with Gasteiger partial charge < -0.3 is 39.6 Å². The molecule has 1 spiro atoms. The van der Waals surface area contributed by atoms with Crippen LogP contribution in [0.25, 0.3) is 0 Å². The molecule has 0 unspecified atom stereocenters. The summed E-state index contributed by atoms with van der Waals surface area (Å²) in [6.07, 6.45) is 1.54. The van der Waals surface area contributed by atoms with Crippen LogP contribution in [0.5, 0.6) is 11.5 Å². The van der Waals surface area contributed by atoms with Gasteiger partial charge in [0.2, 0.25) is 11.8 Å². The number of methoxy groups -OCH3 is 1. The van der Waals surface area contributed by atoms with Crippen molar-refractivity contribution in [3.8, 4) is 11.5 Å². The van der Waals surface area contributed by atoms with Crippen molar-refractivity contribution in [1.29, 1.82) is 0 Å². The zero-order valence-electron chi connectivity index (χ0n) is 26.2. The molecule has 2 aliphatic carbocycles. The van der Waals surface area contributed by atoms with Crippen LogP contribution < -0.4 is 20.1 Å². The molecule has 3 N–H and O–H groups in total. The fraction of sp³-hybridized carbons (Fsp3) is 0.625. The third-order valence-corrected chi connectivity index (χ3v) is 9.45. The van der Waals surface area contributed by atoms with Crippen LogP contribution in [0.3, 0.4) is 0 Å². The highest BCUT2D eigenvalue weighted by atomic mass is 16.6. The van der Waals surface area contributed by atoms with Crippen LogP contribution in [0.2, 0.25) is 0 Å². The first-order valence-electron chi connectivity index (χ1n) is 15.3. The summed E-state index contributed by atoms with van der Waals surface area (Å²) in [6, 6.07) is 3.05. The molecule has 6 atom stereocenters. The number of benzene rings is 1. The van der Waals surface area contributed by atoms with E-state index in [2.05, 4.69) is 15.5 Å². The first kappa shape index (κ1) is 31.8. The van der Waals surface area contributed by atoms with E-state index in [1.165, 1.54) is 13.8 Å². The number of hydrogen-bond donors (Lipinski definition) is 3. The van der Waals surface area contributed by atoms with Crippen LogP contribution in [0.1, 0.15) is 64.5 Å². The van der Waals surface area contributed by atoms with Crippen LogP contribution >= 0.6 is 0 Å². The Morgan fingerprint density at radius 2 is 1.95 bits per heavy atom. The number of carbonyl (C=O) groups excluding carboxylic acids is 4. The van der Waals surface area contributed by atoms with Crippen molar-refractivity contribution < 1.29 is 43.2 Å². The molecule has 2 amide bonds. The maximum absolute atomic E-state index is 13.2. The summed E-state index contributed by atoms with van der Waals surface area (Å²) in [4.78, 5) is 51.9. The van der Waals surface area contributed by atoms with Gasteiger partial charge in [-0.1, -0.05) is 19.9 Å². The number of likely N-dealkylation sites (tertiary alicyclic amines) is 1. The van der Waals surface area contributed by atoms with Gasteiger partial charge in [0.25, 0.3) is 0 Å². The third kappa shape index (κ3) is 5.32. The molecule has 12 heteroatoms. The van der Waals surface area contributed by atoms with Gasteiger partial charge in [-0.25, -0.2) is 4.79 Å². The number of aliphatic hydroxyl groups is 1. The van der Waals surface area contributed by atoms with Crippen molar-refractivity contribution in [2.45, 2.75) is 95.1 Å². The van der Waals surface area contributed by atoms with E-state index in [0.717, 1.165) is 17.7 Å². The lowest BCUT2D eigenvalue weighted by Crippen LogP contribution is -2.74. The quantitative estimate of drug-likeness (QED) is 0.313. The van der Waals surface area contributed by atoms with E-state index in [1.54, 1.807) is 13.2 Å². The second-order valence-corrected chi connectivity index (χ2v) is 12.8. The zero-order chi connectivity index (χ0) is 32.0. The zero-order valence-corrected chi connectivity index (χ0v) is 26.2. The van der Waals surface area contributed by atoms with Crippen molar-refractivity contribution in [1.82, 2.24) is 15.5 Å². The Hall–Kier alpha value is -3.64. The number of piperidine rings is 1. The minimum absolute atomic E-state index is 0.0200. The van der Waals surface area contributed by atoms with E-state index in [9.17, 15) is 24.3 Å². The number of ether oxygens (including phenoxy) is 4. The molecule has 1 fully saturated rings. The lowest BCUT2D eigenvalue weighted by atomic mass is 9.50. The normalized spacial score (nSPS) is 27.7. The number of nitrogens with zero attached hydrogens (tertiary/aromatic N) is 1. The Morgan fingerprint density at radius 3 is 2.64 bits per heavy atom. The fourth-order valence-corrected chi connectivity index (χ4v) is 7.45. The molecule has 2 bridgehead atoms. The van der Waals surface area contributed by atoms with Crippen molar-refractivity contribution in [2.24, 2.45) is 5.92 Å². The van der Waals surface area contributed by atoms with Crippen LogP contribution in [0.15, 0.2) is 24.0 Å². The maximum Gasteiger partial charge on any atom is 0.352 e. The standard InChI is InChI=1S/C32H43N3O9/c1-17(2)15-21(34-19(4)36)29(38)33-13-10-25(37)42-18(3)30(39)43-23-9-11-32(40)24-16-20-7-8-22(41-6)27-26(20)31(32,28(23)44-27)12-14-35(24)5/h7-9,17-18,21,24,28,40H,10-16H2,1-6H3,(H,33,38)(H,34,36)/t18-,21-,24-,28-,31-,32+/m0/s1. The highest BCUT2D eigenvalue weighted by Gasteiger charge is 2.72. The molecular weight excluding hydrogens is 570 g/mol. The SMILES string of the molecule is COc1ccc2c3c1O[C@H]1C(OC(=O)[C@H](C)OC(=O)CCNC(=O)[C@H](CC(C)C)NC(C)=O)=CC[C@@]4(O)[C@H](C2)N(C)CC[C@]314. The third-order valence-electron chi connectivity index (χ3n) is 9.45. The number of nitrogens with one attached hydrogen (secondary N) is 2. The Labute approximate surface area is 257 Å². The van der Waals surface area contributed by atoms with Crippen LogP contribution in [-0.4, -0.2) is 90.9 Å². The van der Waals surface area contributed by atoms with Crippen molar-refractivity contribution in [2.75, 3.05) is 27.2 Å². The van der Waals surface area contributed by atoms with Gasteiger partial charge in [-0.2, -0.15) is 0 Å². The number of hydrogen-bond acceptors (Lipinski definition) is 10. The van der Waals surface area contributed by atoms with E-state index in [0.29, 0.717) is 30.8 Å². The highest BCUT2D eigenvalue weighted by Crippen LogP contribution is 2.65. The molecule has 0 radical (unpaired) electrons. The van der Waals surface area contributed by atoms with Gasteiger partial charge in [0.1, 0.15) is 11.8 Å². The molecule has 12 nitrogen and oxygen atoms in total. The van der Waals surface area contributed by atoms with Gasteiger partial charge in [0, 0.05) is 31.5 Å². The maximum atomic E-state index is 13.2. The number of amides is 2. The number of likely N-dealkylation sites (N-methyl/N-ethyl adjacent to an activating group) is 1. The summed E-state index contributed by atoms with van der Waals surface area (Å²) in [5.74, 6) is -0.604. The van der Waals surface area contributed by atoms with Gasteiger partial charge in [0.15, 0.2) is 23.7 Å². The molecule has 1 saturated heterocycles. The number of esters is 2. The van der Waals surface area contributed by atoms with E-state index >= 15 is 0 Å². The summed E-state index contributed by atoms with van der Waals surface area (Å²) in [5.41, 5.74) is 0.0430. The van der Waals surface area contributed by atoms with Crippen LogP contribution in [0, 0.1) is 5.92 Å². The first-order chi connectivity index (χ1) is 20.8. The molecule has 4 aliphatic rings. The van der Waals surface area contributed by atoms with E-state index in [4.69, 9.17) is 18.9 Å². The fourth-order valence-electron chi connectivity index (χ4n) is 7.45. The summed E-state index contributed by atoms with van der Waals surface area (Å²) in [6.45, 7) is 7.35. The summed E-state index contributed by atoms with van der Waals surface area (Å²) in [5, 5.41) is 17.6. The molecular formula is C32H43N3O9. The van der Waals surface area contributed by atoms with Gasteiger partial charge in [0.05, 0.1) is 24.5 Å². The van der Waals surface area contributed by atoms with Crippen LogP contribution in [-0.2, 0) is 40.5 Å². The number of rotatable bonds is 11. The Balaban J connectivity index is 1.24. The van der Waals surface area contributed by atoms with Crippen molar-refractivity contribution in [3.05, 3.63) is 35.1 Å². The highest BCUT2D eigenvalue weighted by molar-refractivity contribution is 5.87. The second-order valence-electron chi connectivity index (χ2n) is 12.8. The number of carbonyl (C=O) groups is 4. The predicted octanol–water partition coefficient (Wildman–Crippen LogP) is 1.50. The van der Waals surface area contributed by atoms with E-state index in [1.807, 2.05) is 33.0 Å². The molecule has 0 aromatic heterocycles. The molecule has 2 aliphatic heterocycles. The smallest absolute Gasteiger partial charge is 0.352 e. The van der Waals surface area contributed by atoms with Crippen molar-refractivity contribution >= 4 is 23.8 Å². The summed E-state index contributed by atoms with van der Waals surface area (Å²) in [7, 11) is 3.59. The second kappa shape index (κ2) is 12.0. The summed E-state index contributed by atoms with van der Waals surface area (Å²) >= 11 is 0. The molecule has 240 valence electrons. The van der Waals surface area contributed by atoms with Crippen molar-refractivity contribution in [3.63, 3.8) is 0 Å². The van der Waals surface area contributed by atoms with Gasteiger partial charge >= 0.3 is 11.9 Å². The lowest BCUT2D eigenvalue weighted by molar-refractivity contribution is -0.175. The molecule has 2 heterocycles. The van der Waals surface area contributed by atoms with Gasteiger partial charge in [-0.15, -0.1) is 0 Å². The first-order valence-corrected chi connectivity index (χ1v) is 15.3. The van der Waals surface area contributed by atoms with Gasteiger partial charge in [-0.3, -0.25) is 14.4 Å². The molecule has 44 heavy (non-hydrogen) atoms.